The summed E-state index contributed by atoms with van der Waals surface area (Å²) in [6.07, 6.45) is 0. The number of anilines is 2. The van der Waals surface area contributed by atoms with E-state index in [0.29, 0.717) is 16.7 Å². The second kappa shape index (κ2) is 5.27. The Bertz CT molecular complexity index is 608. The number of hydrogen-bond acceptors (Lipinski definition) is 4. The number of rotatable bonds is 3. The quantitative estimate of drug-likeness (QED) is 0.752. The predicted molar refractivity (Wildman–Crippen MR) is 74.3 cm³/mol. The third-order valence-corrected chi connectivity index (χ3v) is 2.79. The number of nitrogen functional groups attached to an aromatic ring is 1. The Morgan fingerprint density at radius 2 is 2.21 bits per heavy atom. The minimum absolute atomic E-state index is 0.158. The van der Waals surface area contributed by atoms with Crippen LogP contribution in [0.25, 0.3) is 0 Å². The van der Waals surface area contributed by atoms with Crippen LogP contribution in [0.2, 0.25) is 5.15 Å². The summed E-state index contributed by atoms with van der Waals surface area (Å²) in [5, 5.41) is 9.60. The van der Waals surface area contributed by atoms with Crippen molar-refractivity contribution in [2.24, 2.45) is 0 Å². The number of aromatic nitrogens is 3. The van der Waals surface area contributed by atoms with Crippen LogP contribution in [-0.2, 0) is 0 Å². The van der Waals surface area contributed by atoms with Gasteiger partial charge in [-0.05, 0) is 18.1 Å². The van der Waals surface area contributed by atoms with Crippen LogP contribution in [0.3, 0.4) is 0 Å². The van der Waals surface area contributed by atoms with E-state index in [0.717, 1.165) is 5.69 Å². The molecule has 0 aliphatic carbocycles. The van der Waals surface area contributed by atoms with E-state index in [1.807, 2.05) is 13.8 Å². The van der Waals surface area contributed by atoms with Crippen molar-refractivity contribution < 1.29 is 4.79 Å². The summed E-state index contributed by atoms with van der Waals surface area (Å²) in [4.78, 5) is 16.0. The summed E-state index contributed by atoms with van der Waals surface area (Å²) in [6, 6.07) is 4.95. The average Bonchev–Trinajstić information content (AvgIpc) is 2.71. The lowest BCUT2D eigenvalue weighted by molar-refractivity contribution is 0.102. The molecule has 1 amide bonds. The van der Waals surface area contributed by atoms with E-state index in [4.69, 9.17) is 17.3 Å². The van der Waals surface area contributed by atoms with Crippen LogP contribution in [0.1, 0.15) is 35.9 Å². The number of carbonyl (C=O) groups is 1. The van der Waals surface area contributed by atoms with E-state index in [2.05, 4.69) is 20.5 Å². The number of carbonyl (C=O) groups excluding carboxylic acids is 1. The Labute approximate surface area is 115 Å². The number of amides is 1. The first-order chi connectivity index (χ1) is 8.99. The molecule has 2 aromatic heterocycles. The van der Waals surface area contributed by atoms with Gasteiger partial charge in [-0.2, -0.15) is 5.10 Å². The molecule has 2 aromatic rings. The van der Waals surface area contributed by atoms with Gasteiger partial charge >= 0.3 is 0 Å². The second-order valence-electron chi connectivity index (χ2n) is 4.35. The first-order valence-electron chi connectivity index (χ1n) is 5.76. The minimum Gasteiger partial charge on any atom is -0.395 e. The lowest BCUT2D eigenvalue weighted by Crippen LogP contribution is -2.15. The molecule has 0 aliphatic heterocycles. The van der Waals surface area contributed by atoms with Crippen molar-refractivity contribution in [3.05, 3.63) is 34.7 Å². The van der Waals surface area contributed by atoms with Crippen molar-refractivity contribution >= 4 is 29.0 Å². The molecule has 2 heterocycles. The molecular weight excluding hydrogens is 266 g/mol. The van der Waals surface area contributed by atoms with E-state index in [9.17, 15) is 4.79 Å². The van der Waals surface area contributed by atoms with Gasteiger partial charge in [-0.3, -0.25) is 9.89 Å². The molecule has 0 unspecified atom stereocenters. The molecular formula is C12H14ClN5O. The van der Waals surface area contributed by atoms with E-state index in [1.165, 1.54) is 0 Å². The highest BCUT2D eigenvalue weighted by atomic mass is 35.5. The minimum atomic E-state index is -0.421. The average molecular weight is 280 g/mol. The zero-order valence-corrected chi connectivity index (χ0v) is 11.3. The molecule has 0 saturated carbocycles. The van der Waals surface area contributed by atoms with Crippen LogP contribution in [0.5, 0.6) is 0 Å². The molecule has 6 nitrogen and oxygen atoms in total. The molecule has 2 rings (SSSR count). The number of pyridine rings is 1. The highest BCUT2D eigenvalue weighted by Gasteiger charge is 2.19. The van der Waals surface area contributed by atoms with Crippen LogP contribution in [0.15, 0.2) is 18.2 Å². The highest BCUT2D eigenvalue weighted by molar-refractivity contribution is 6.29. The molecule has 0 atom stereocenters. The molecule has 0 radical (unpaired) electrons. The summed E-state index contributed by atoms with van der Waals surface area (Å²) in [6.45, 7) is 3.92. The van der Waals surface area contributed by atoms with Gasteiger partial charge in [0, 0.05) is 0 Å². The SMILES string of the molecule is CC(C)c1[nH]nc(C(=O)Nc2cccc(Cl)n2)c1N. The van der Waals surface area contributed by atoms with Crippen molar-refractivity contribution in [2.45, 2.75) is 19.8 Å². The fraction of sp³-hybridized carbons (Fsp3) is 0.250. The van der Waals surface area contributed by atoms with Gasteiger partial charge in [-0.15, -0.1) is 0 Å². The zero-order chi connectivity index (χ0) is 14.0. The van der Waals surface area contributed by atoms with Gasteiger partial charge in [0.05, 0.1) is 11.4 Å². The van der Waals surface area contributed by atoms with Crippen molar-refractivity contribution in [1.82, 2.24) is 15.2 Å². The van der Waals surface area contributed by atoms with E-state index < -0.39 is 5.91 Å². The van der Waals surface area contributed by atoms with Gasteiger partial charge in [0.25, 0.3) is 5.91 Å². The number of halogens is 1. The van der Waals surface area contributed by atoms with Gasteiger partial charge in [0.1, 0.15) is 11.0 Å². The highest BCUT2D eigenvalue weighted by Crippen LogP contribution is 2.22. The number of aromatic amines is 1. The van der Waals surface area contributed by atoms with Gasteiger partial charge in [-0.1, -0.05) is 31.5 Å². The van der Waals surface area contributed by atoms with Crippen molar-refractivity contribution in [2.75, 3.05) is 11.1 Å². The molecule has 19 heavy (non-hydrogen) atoms. The number of nitrogens with two attached hydrogens (primary N) is 1. The van der Waals surface area contributed by atoms with E-state index in [-0.39, 0.29) is 11.6 Å². The Morgan fingerprint density at radius 1 is 1.47 bits per heavy atom. The first-order valence-corrected chi connectivity index (χ1v) is 6.14. The van der Waals surface area contributed by atoms with E-state index in [1.54, 1.807) is 18.2 Å². The Balaban J connectivity index is 2.21. The maximum absolute atomic E-state index is 12.0. The monoisotopic (exact) mass is 279 g/mol. The lowest BCUT2D eigenvalue weighted by atomic mass is 10.1. The molecule has 0 fully saturated rings. The number of H-pyrrole nitrogens is 1. The third kappa shape index (κ3) is 2.85. The molecule has 0 aliphatic rings. The topological polar surface area (TPSA) is 96.7 Å². The number of nitrogens with one attached hydrogen (secondary N) is 2. The van der Waals surface area contributed by atoms with Gasteiger partial charge in [0.15, 0.2) is 5.69 Å². The van der Waals surface area contributed by atoms with Crippen LogP contribution < -0.4 is 11.1 Å². The number of hydrogen-bond donors (Lipinski definition) is 3. The smallest absolute Gasteiger partial charge is 0.279 e. The van der Waals surface area contributed by atoms with Gasteiger partial charge in [-0.25, -0.2) is 4.98 Å². The second-order valence-corrected chi connectivity index (χ2v) is 4.74. The zero-order valence-electron chi connectivity index (χ0n) is 10.6. The molecule has 0 spiro atoms. The van der Waals surface area contributed by atoms with E-state index >= 15 is 0 Å². The largest absolute Gasteiger partial charge is 0.395 e. The summed E-state index contributed by atoms with van der Waals surface area (Å²) in [7, 11) is 0. The summed E-state index contributed by atoms with van der Waals surface area (Å²) < 4.78 is 0. The van der Waals surface area contributed by atoms with Crippen LogP contribution in [-0.4, -0.2) is 21.1 Å². The molecule has 0 bridgehead atoms. The molecule has 0 aromatic carbocycles. The first kappa shape index (κ1) is 13.4. The fourth-order valence-corrected chi connectivity index (χ4v) is 1.79. The standard InChI is InChI=1S/C12H14ClN5O/c1-6(2)10-9(14)11(18-17-10)12(19)16-8-5-3-4-7(13)15-8/h3-6H,14H2,1-2H3,(H,17,18)(H,15,16,19). The molecule has 100 valence electrons. The van der Waals surface area contributed by atoms with Gasteiger partial charge in [0.2, 0.25) is 0 Å². The van der Waals surface area contributed by atoms with Crippen LogP contribution >= 0.6 is 11.6 Å². The molecule has 4 N–H and O–H groups in total. The Morgan fingerprint density at radius 3 is 2.79 bits per heavy atom. The molecule has 7 heteroatoms. The van der Waals surface area contributed by atoms with Crippen molar-refractivity contribution in [1.29, 1.82) is 0 Å². The summed E-state index contributed by atoms with van der Waals surface area (Å²) in [5.41, 5.74) is 7.14. The maximum atomic E-state index is 12.0. The predicted octanol–water partition coefficient (Wildman–Crippen LogP) is 2.42. The summed E-state index contributed by atoms with van der Waals surface area (Å²) in [5.74, 6) is 0.0970. The molecule has 0 saturated heterocycles. The number of nitrogens with zero attached hydrogens (tertiary/aromatic N) is 2. The normalized spacial score (nSPS) is 10.7. The summed E-state index contributed by atoms with van der Waals surface area (Å²) >= 11 is 5.74. The van der Waals surface area contributed by atoms with Crippen LogP contribution in [0.4, 0.5) is 11.5 Å². The fourth-order valence-electron chi connectivity index (χ4n) is 1.63. The van der Waals surface area contributed by atoms with Crippen molar-refractivity contribution in [3.63, 3.8) is 0 Å². The van der Waals surface area contributed by atoms with Gasteiger partial charge < -0.3 is 11.1 Å². The lowest BCUT2D eigenvalue weighted by Gasteiger charge is -2.04. The van der Waals surface area contributed by atoms with Crippen LogP contribution in [0, 0.1) is 0 Å². The maximum Gasteiger partial charge on any atom is 0.279 e. The van der Waals surface area contributed by atoms with Crippen molar-refractivity contribution in [3.8, 4) is 0 Å². The Kier molecular flexibility index (Phi) is 3.71. The third-order valence-electron chi connectivity index (χ3n) is 2.58. The Hall–Kier alpha value is -2.08.